The first-order chi connectivity index (χ1) is 8.40. The van der Waals surface area contributed by atoms with Gasteiger partial charge in [0, 0.05) is 24.7 Å². The molecule has 0 bridgehead atoms. The van der Waals surface area contributed by atoms with Gasteiger partial charge >= 0.3 is 0 Å². The topological polar surface area (TPSA) is 34.1 Å². The number of hydrogen-bond acceptors (Lipinski definition) is 2. The Kier molecular flexibility index (Phi) is 3.08. The fourth-order valence-electron chi connectivity index (χ4n) is 4.24. The third-order valence-corrected chi connectivity index (χ3v) is 5.51. The molecule has 4 atom stereocenters. The lowest BCUT2D eigenvalue weighted by atomic mass is 9.63. The fraction of sp³-hybridized carbons (Fsp3) is 0.625. The zero-order valence-electron chi connectivity index (χ0n) is 11.4. The Morgan fingerprint density at radius 3 is 1.61 bits per heavy atom. The van der Waals surface area contributed by atoms with Crippen LogP contribution >= 0.6 is 0 Å². The Morgan fingerprint density at radius 1 is 1.00 bits per heavy atom. The Morgan fingerprint density at radius 2 is 1.33 bits per heavy atom. The lowest BCUT2D eigenvalue weighted by Crippen LogP contribution is -2.35. The van der Waals surface area contributed by atoms with E-state index in [0.29, 0.717) is 37.2 Å². The van der Waals surface area contributed by atoms with Crippen molar-refractivity contribution in [1.82, 2.24) is 0 Å². The van der Waals surface area contributed by atoms with Gasteiger partial charge in [0.1, 0.15) is 11.6 Å². The monoisotopic (exact) mass is 246 g/mol. The normalized spacial score (nSPS) is 43.0. The van der Waals surface area contributed by atoms with Gasteiger partial charge in [-0.15, -0.1) is 13.2 Å². The minimum Gasteiger partial charge on any atom is -0.299 e. The highest BCUT2D eigenvalue weighted by Crippen LogP contribution is 2.66. The highest BCUT2D eigenvalue weighted by molar-refractivity contribution is 5.94. The van der Waals surface area contributed by atoms with Crippen LogP contribution in [-0.2, 0) is 9.59 Å². The number of hydrogen-bond donors (Lipinski definition) is 0. The van der Waals surface area contributed by atoms with E-state index >= 15 is 0 Å². The number of ketones is 2. The Bertz CT molecular complexity index is 383. The minimum atomic E-state index is -0.191. The Balaban J connectivity index is 2.43. The van der Waals surface area contributed by atoms with Crippen LogP contribution in [0.1, 0.15) is 39.5 Å². The van der Waals surface area contributed by atoms with Crippen LogP contribution in [0.15, 0.2) is 25.3 Å². The van der Waals surface area contributed by atoms with Crippen molar-refractivity contribution in [1.29, 1.82) is 0 Å². The summed E-state index contributed by atoms with van der Waals surface area (Å²) in [6.45, 7) is 11.7. The van der Waals surface area contributed by atoms with Crippen LogP contribution in [0.25, 0.3) is 0 Å². The highest BCUT2D eigenvalue weighted by Gasteiger charge is 2.66. The third-order valence-electron chi connectivity index (χ3n) is 5.51. The van der Waals surface area contributed by atoms with Crippen LogP contribution in [0.5, 0.6) is 0 Å². The summed E-state index contributed by atoms with van der Waals surface area (Å²) in [5, 5.41) is 0. The predicted molar refractivity (Wildman–Crippen MR) is 72.1 cm³/mol. The molecule has 0 aromatic rings. The molecular formula is C16H22O2. The van der Waals surface area contributed by atoms with Crippen LogP contribution in [0, 0.1) is 22.7 Å². The maximum atomic E-state index is 12.3. The second-order valence-electron chi connectivity index (χ2n) is 6.28. The summed E-state index contributed by atoms with van der Waals surface area (Å²) in [5.41, 5.74) is -0.383. The number of rotatable bonds is 4. The molecule has 0 aromatic carbocycles. The SMILES string of the molecule is C=CCC1C(=O)C[C@]2(C)C(CC=C)C(=O)C[C@]12C. The number of allylic oxidation sites excluding steroid dienone is 2. The van der Waals surface area contributed by atoms with Crippen molar-refractivity contribution in [2.24, 2.45) is 22.7 Å². The van der Waals surface area contributed by atoms with Crippen molar-refractivity contribution in [2.75, 3.05) is 0 Å². The van der Waals surface area contributed by atoms with Crippen LogP contribution < -0.4 is 0 Å². The molecule has 2 fully saturated rings. The van der Waals surface area contributed by atoms with Crippen molar-refractivity contribution in [3.05, 3.63) is 25.3 Å². The van der Waals surface area contributed by atoms with E-state index in [1.807, 2.05) is 12.2 Å². The molecule has 0 aliphatic heterocycles. The molecule has 0 radical (unpaired) electrons. The zero-order valence-corrected chi connectivity index (χ0v) is 11.4. The zero-order chi connectivity index (χ0) is 13.6. The molecule has 2 aliphatic carbocycles. The van der Waals surface area contributed by atoms with Crippen molar-refractivity contribution in [3.63, 3.8) is 0 Å². The average Bonchev–Trinajstić information content (AvgIpc) is 2.58. The summed E-state index contributed by atoms with van der Waals surface area (Å²) < 4.78 is 0. The van der Waals surface area contributed by atoms with Crippen LogP contribution in [-0.4, -0.2) is 11.6 Å². The van der Waals surface area contributed by atoms with Crippen LogP contribution in [0.4, 0.5) is 0 Å². The van der Waals surface area contributed by atoms with Gasteiger partial charge in [-0.1, -0.05) is 26.0 Å². The summed E-state index contributed by atoms with van der Waals surface area (Å²) in [7, 11) is 0. The van der Waals surface area contributed by atoms with E-state index in [-0.39, 0.29) is 22.7 Å². The van der Waals surface area contributed by atoms with E-state index < -0.39 is 0 Å². The maximum Gasteiger partial charge on any atom is 0.137 e. The Labute approximate surface area is 109 Å². The molecule has 0 N–H and O–H groups in total. The van der Waals surface area contributed by atoms with E-state index in [2.05, 4.69) is 27.0 Å². The van der Waals surface area contributed by atoms with Gasteiger partial charge in [0.25, 0.3) is 0 Å². The summed E-state index contributed by atoms with van der Waals surface area (Å²) in [5.74, 6) is 0.556. The minimum absolute atomic E-state index is 0.0289. The van der Waals surface area contributed by atoms with Gasteiger partial charge in [0.15, 0.2) is 0 Å². The summed E-state index contributed by atoms with van der Waals surface area (Å²) in [6, 6.07) is 0. The van der Waals surface area contributed by atoms with Gasteiger partial charge < -0.3 is 0 Å². The predicted octanol–water partition coefficient (Wildman–Crippen LogP) is 3.33. The number of fused-ring (bicyclic) bond motifs is 1. The molecule has 0 heterocycles. The van der Waals surface area contributed by atoms with Gasteiger partial charge in [-0.25, -0.2) is 0 Å². The fourth-order valence-corrected chi connectivity index (χ4v) is 4.24. The smallest absolute Gasteiger partial charge is 0.137 e. The molecule has 2 rings (SSSR count). The molecule has 0 saturated heterocycles. The van der Waals surface area contributed by atoms with Gasteiger partial charge in [0.05, 0.1) is 0 Å². The van der Waals surface area contributed by atoms with Crippen LogP contribution in [0.2, 0.25) is 0 Å². The van der Waals surface area contributed by atoms with E-state index in [1.165, 1.54) is 0 Å². The highest BCUT2D eigenvalue weighted by atomic mass is 16.1. The number of carbonyl (C=O) groups is 2. The molecule has 2 nitrogen and oxygen atoms in total. The Hall–Kier alpha value is -1.18. The van der Waals surface area contributed by atoms with Gasteiger partial charge in [-0.2, -0.15) is 0 Å². The van der Waals surface area contributed by atoms with Crippen molar-refractivity contribution < 1.29 is 9.59 Å². The first-order valence-electron chi connectivity index (χ1n) is 6.68. The van der Waals surface area contributed by atoms with Crippen molar-refractivity contribution >= 4 is 11.6 Å². The van der Waals surface area contributed by atoms with Gasteiger partial charge in [-0.3, -0.25) is 9.59 Å². The second kappa shape index (κ2) is 4.18. The average molecular weight is 246 g/mol. The molecule has 2 saturated carbocycles. The third kappa shape index (κ3) is 1.47. The first kappa shape index (κ1) is 13.3. The number of Topliss-reactive ketones (excluding diaryl/α,β-unsaturated/α-hetero) is 2. The molecule has 0 spiro atoms. The first-order valence-corrected chi connectivity index (χ1v) is 6.68. The number of carbonyl (C=O) groups excluding carboxylic acids is 2. The van der Waals surface area contributed by atoms with E-state index in [4.69, 9.17) is 0 Å². The molecule has 18 heavy (non-hydrogen) atoms. The molecule has 0 amide bonds. The summed E-state index contributed by atoms with van der Waals surface area (Å²) in [4.78, 5) is 24.5. The molecule has 2 heteroatoms. The maximum absolute atomic E-state index is 12.3. The summed E-state index contributed by atoms with van der Waals surface area (Å²) in [6.07, 6.45) is 6.08. The van der Waals surface area contributed by atoms with Crippen LogP contribution in [0.3, 0.4) is 0 Å². The van der Waals surface area contributed by atoms with Crippen molar-refractivity contribution in [2.45, 2.75) is 39.5 Å². The lowest BCUT2D eigenvalue weighted by molar-refractivity contribution is -0.125. The molecule has 2 aliphatic rings. The van der Waals surface area contributed by atoms with E-state index in [9.17, 15) is 9.59 Å². The quantitative estimate of drug-likeness (QED) is 0.713. The lowest BCUT2D eigenvalue weighted by Gasteiger charge is -2.39. The molecule has 98 valence electrons. The molecule has 0 aromatic heterocycles. The largest absolute Gasteiger partial charge is 0.299 e. The van der Waals surface area contributed by atoms with Crippen molar-refractivity contribution in [3.8, 4) is 0 Å². The van der Waals surface area contributed by atoms with E-state index in [1.54, 1.807) is 0 Å². The molecular weight excluding hydrogens is 224 g/mol. The second-order valence-corrected chi connectivity index (χ2v) is 6.28. The summed E-state index contributed by atoms with van der Waals surface area (Å²) >= 11 is 0. The van der Waals surface area contributed by atoms with E-state index in [0.717, 1.165) is 0 Å². The van der Waals surface area contributed by atoms with Gasteiger partial charge in [0.2, 0.25) is 0 Å². The molecule has 2 unspecified atom stereocenters. The van der Waals surface area contributed by atoms with Gasteiger partial charge in [-0.05, 0) is 23.7 Å². The standard InChI is InChI=1S/C16H22O2/c1-5-7-11-13(17)9-16(4)12(8-6-2)14(18)10-15(11,16)3/h5-6,11-12H,1-2,7-10H2,3-4H3/t11?,12?,15-,16-/m1/s1.